The molecule has 0 aromatic carbocycles. The molecule has 0 spiro atoms. The maximum atomic E-state index is 6.14. The minimum Gasteiger partial charge on any atom is -0.372 e. The average Bonchev–Trinajstić information content (AvgIpc) is 2.74. The van der Waals surface area contributed by atoms with E-state index in [2.05, 4.69) is 44.5 Å². The van der Waals surface area contributed by atoms with Crippen LogP contribution in [0.1, 0.15) is 47.0 Å². The molecule has 0 amide bonds. The Labute approximate surface area is 119 Å². The molecule has 1 aliphatic rings. The van der Waals surface area contributed by atoms with Gasteiger partial charge in [0.05, 0.1) is 12.2 Å². The molecule has 1 saturated heterocycles. The summed E-state index contributed by atoms with van der Waals surface area (Å²) >= 11 is 0. The predicted octanol–water partition coefficient (Wildman–Crippen LogP) is 2.82. The summed E-state index contributed by atoms with van der Waals surface area (Å²) in [5, 5.41) is 3.53. The smallest absolute Gasteiger partial charge is 0.0707 e. The molecule has 1 fully saturated rings. The van der Waals surface area contributed by atoms with E-state index in [0.717, 1.165) is 26.2 Å². The van der Waals surface area contributed by atoms with Gasteiger partial charge in [-0.05, 0) is 46.6 Å². The largest absolute Gasteiger partial charge is 0.372 e. The molecule has 1 heterocycles. The van der Waals surface area contributed by atoms with Gasteiger partial charge in [0.25, 0.3) is 0 Å². The lowest BCUT2D eigenvalue weighted by atomic mass is 10.1. The van der Waals surface area contributed by atoms with Crippen molar-refractivity contribution in [3.8, 4) is 0 Å². The van der Waals surface area contributed by atoms with Crippen molar-refractivity contribution in [1.82, 2.24) is 10.2 Å². The molecule has 2 atom stereocenters. The molecule has 19 heavy (non-hydrogen) atoms. The van der Waals surface area contributed by atoms with Crippen molar-refractivity contribution in [1.29, 1.82) is 0 Å². The Kier molecular flexibility index (Phi) is 7.05. The molecule has 0 bridgehead atoms. The van der Waals surface area contributed by atoms with Crippen molar-refractivity contribution in [2.45, 2.75) is 64.7 Å². The first-order chi connectivity index (χ1) is 8.94. The van der Waals surface area contributed by atoms with E-state index in [1.54, 1.807) is 0 Å². The van der Waals surface area contributed by atoms with Crippen molar-refractivity contribution in [2.75, 3.05) is 26.2 Å². The first-order valence-electron chi connectivity index (χ1n) is 7.68. The minimum absolute atomic E-state index is 0.179. The fourth-order valence-electron chi connectivity index (χ4n) is 2.53. The van der Waals surface area contributed by atoms with Gasteiger partial charge in [0.1, 0.15) is 0 Å². The lowest BCUT2D eigenvalue weighted by molar-refractivity contribution is 0.0228. The predicted molar refractivity (Wildman–Crippen MR) is 82.6 cm³/mol. The number of nitrogens with one attached hydrogen (secondary N) is 1. The third-order valence-electron chi connectivity index (χ3n) is 3.44. The van der Waals surface area contributed by atoms with Crippen molar-refractivity contribution < 1.29 is 4.74 Å². The van der Waals surface area contributed by atoms with E-state index < -0.39 is 0 Å². The van der Waals surface area contributed by atoms with Crippen molar-refractivity contribution in [3.05, 3.63) is 12.7 Å². The van der Waals surface area contributed by atoms with Crippen LogP contribution in [0.25, 0.3) is 0 Å². The first-order valence-corrected chi connectivity index (χ1v) is 7.68. The summed E-state index contributed by atoms with van der Waals surface area (Å²) in [5.41, 5.74) is 0.179. The van der Waals surface area contributed by atoms with Gasteiger partial charge >= 0.3 is 0 Å². The summed E-state index contributed by atoms with van der Waals surface area (Å²) in [6.45, 7) is 16.8. The molecular weight excluding hydrogens is 236 g/mol. The van der Waals surface area contributed by atoms with Gasteiger partial charge in [-0.15, -0.1) is 6.58 Å². The Hall–Kier alpha value is -0.380. The van der Waals surface area contributed by atoms with Crippen LogP contribution in [-0.2, 0) is 4.74 Å². The molecule has 0 aromatic rings. The van der Waals surface area contributed by atoms with E-state index in [0.29, 0.717) is 12.2 Å². The van der Waals surface area contributed by atoms with Crippen molar-refractivity contribution in [2.24, 2.45) is 0 Å². The van der Waals surface area contributed by atoms with Gasteiger partial charge in [-0.2, -0.15) is 0 Å². The second kappa shape index (κ2) is 8.03. The Balaban J connectivity index is 2.28. The average molecular weight is 268 g/mol. The molecule has 0 saturated carbocycles. The molecule has 3 nitrogen and oxygen atoms in total. The minimum atomic E-state index is 0.179. The van der Waals surface area contributed by atoms with Gasteiger partial charge in [-0.25, -0.2) is 0 Å². The van der Waals surface area contributed by atoms with Crippen LogP contribution < -0.4 is 5.32 Å². The Bertz CT molecular complexity index is 260. The fourth-order valence-corrected chi connectivity index (χ4v) is 2.53. The van der Waals surface area contributed by atoms with Gasteiger partial charge in [0, 0.05) is 25.2 Å². The maximum absolute atomic E-state index is 6.14. The zero-order valence-corrected chi connectivity index (χ0v) is 13.2. The quantitative estimate of drug-likeness (QED) is 0.685. The Morgan fingerprint density at radius 3 is 2.58 bits per heavy atom. The standard InChI is InChI=1S/C16H32N2O/c1-6-10-18(11-7-2)13-15-9-8-14(19-15)12-17-16(3,4)5/h6,14-15,17H,1,7-13H2,2-5H3. The topological polar surface area (TPSA) is 24.5 Å². The highest BCUT2D eigenvalue weighted by Crippen LogP contribution is 2.20. The SMILES string of the molecule is C=CCN(CCC)CC1CCC(CNC(C)(C)C)O1. The lowest BCUT2D eigenvalue weighted by Crippen LogP contribution is -2.41. The molecule has 1 N–H and O–H groups in total. The van der Waals surface area contributed by atoms with E-state index in [4.69, 9.17) is 4.74 Å². The lowest BCUT2D eigenvalue weighted by Gasteiger charge is -2.25. The molecule has 3 heteroatoms. The zero-order valence-electron chi connectivity index (χ0n) is 13.2. The van der Waals surface area contributed by atoms with Crippen LogP contribution in [0.2, 0.25) is 0 Å². The number of nitrogens with zero attached hydrogens (tertiary/aromatic N) is 1. The third-order valence-corrected chi connectivity index (χ3v) is 3.44. The molecule has 0 aromatic heterocycles. The van der Waals surface area contributed by atoms with Crippen molar-refractivity contribution in [3.63, 3.8) is 0 Å². The van der Waals surface area contributed by atoms with Gasteiger partial charge in [0.15, 0.2) is 0 Å². The second-order valence-corrected chi connectivity index (χ2v) is 6.64. The number of rotatable bonds is 8. The Morgan fingerprint density at radius 2 is 2.00 bits per heavy atom. The normalized spacial score (nSPS) is 24.1. The van der Waals surface area contributed by atoms with Crippen molar-refractivity contribution >= 4 is 0 Å². The summed E-state index contributed by atoms with van der Waals surface area (Å²) in [6.07, 6.45) is 6.34. The van der Waals surface area contributed by atoms with Crippen LogP contribution >= 0.6 is 0 Å². The van der Waals surface area contributed by atoms with Crippen LogP contribution in [-0.4, -0.2) is 48.8 Å². The van der Waals surface area contributed by atoms with Gasteiger partial charge < -0.3 is 10.1 Å². The summed E-state index contributed by atoms with van der Waals surface area (Å²) < 4.78 is 6.14. The molecule has 1 aliphatic heterocycles. The molecule has 0 radical (unpaired) electrons. The van der Waals surface area contributed by atoms with Crippen LogP contribution in [0.3, 0.4) is 0 Å². The summed E-state index contributed by atoms with van der Waals surface area (Å²) in [4.78, 5) is 2.44. The van der Waals surface area contributed by atoms with Crippen LogP contribution in [0.5, 0.6) is 0 Å². The maximum Gasteiger partial charge on any atom is 0.0707 e. The highest BCUT2D eigenvalue weighted by molar-refractivity contribution is 4.82. The van der Waals surface area contributed by atoms with Gasteiger partial charge in [-0.1, -0.05) is 13.0 Å². The summed E-state index contributed by atoms with van der Waals surface area (Å²) in [7, 11) is 0. The van der Waals surface area contributed by atoms with E-state index in [1.165, 1.54) is 19.3 Å². The third kappa shape index (κ3) is 7.09. The number of hydrogen-bond acceptors (Lipinski definition) is 3. The van der Waals surface area contributed by atoms with E-state index in [1.807, 2.05) is 6.08 Å². The highest BCUT2D eigenvalue weighted by atomic mass is 16.5. The van der Waals surface area contributed by atoms with Gasteiger partial charge in [-0.3, -0.25) is 4.90 Å². The molecular formula is C16H32N2O. The number of ether oxygens (including phenoxy) is 1. The van der Waals surface area contributed by atoms with E-state index in [9.17, 15) is 0 Å². The highest BCUT2D eigenvalue weighted by Gasteiger charge is 2.27. The van der Waals surface area contributed by atoms with Crippen LogP contribution in [0.4, 0.5) is 0 Å². The summed E-state index contributed by atoms with van der Waals surface area (Å²) in [6, 6.07) is 0. The second-order valence-electron chi connectivity index (χ2n) is 6.64. The Morgan fingerprint density at radius 1 is 1.32 bits per heavy atom. The zero-order chi connectivity index (χ0) is 14.3. The number of hydrogen-bond donors (Lipinski definition) is 1. The first kappa shape index (κ1) is 16.7. The monoisotopic (exact) mass is 268 g/mol. The molecule has 1 rings (SSSR count). The van der Waals surface area contributed by atoms with E-state index in [-0.39, 0.29) is 5.54 Å². The van der Waals surface area contributed by atoms with Gasteiger partial charge in [0.2, 0.25) is 0 Å². The summed E-state index contributed by atoms with van der Waals surface area (Å²) in [5.74, 6) is 0. The van der Waals surface area contributed by atoms with Crippen LogP contribution in [0.15, 0.2) is 12.7 Å². The molecule has 0 aliphatic carbocycles. The molecule has 2 unspecified atom stereocenters. The molecule has 112 valence electrons. The van der Waals surface area contributed by atoms with E-state index >= 15 is 0 Å². The fraction of sp³-hybridized carbons (Fsp3) is 0.875. The van der Waals surface area contributed by atoms with Crippen LogP contribution in [0, 0.1) is 0 Å².